The molecule has 0 radical (unpaired) electrons. The molecule has 0 aliphatic heterocycles. The number of aromatic nitrogens is 3. The number of nitrogens with zero attached hydrogens (tertiary/aromatic N) is 3. The molecule has 0 atom stereocenters. The zero-order chi connectivity index (χ0) is 16.8. The number of aryl methyl sites for hydroxylation is 1. The number of rotatable bonds is 3. The van der Waals surface area contributed by atoms with Gasteiger partial charge in [-0.1, -0.05) is 0 Å². The molecule has 4 rings (SSSR count). The highest BCUT2D eigenvalue weighted by molar-refractivity contribution is 5.93. The van der Waals surface area contributed by atoms with E-state index in [1.165, 1.54) is 30.3 Å². The summed E-state index contributed by atoms with van der Waals surface area (Å²) in [4.78, 5) is 19.6. The predicted octanol–water partition coefficient (Wildman–Crippen LogP) is 3.30. The maximum absolute atomic E-state index is 13.2. The van der Waals surface area contributed by atoms with Gasteiger partial charge in [0.15, 0.2) is 5.58 Å². The van der Waals surface area contributed by atoms with Gasteiger partial charge in [0.1, 0.15) is 11.3 Å². The van der Waals surface area contributed by atoms with Crippen LogP contribution in [0.5, 0.6) is 0 Å². The number of oxazole rings is 1. The van der Waals surface area contributed by atoms with Gasteiger partial charge in [0.2, 0.25) is 5.95 Å². The van der Waals surface area contributed by atoms with E-state index in [1.54, 1.807) is 17.7 Å². The van der Waals surface area contributed by atoms with Crippen LogP contribution in [-0.2, 0) is 7.05 Å². The second-order valence-corrected chi connectivity index (χ2v) is 5.26. The van der Waals surface area contributed by atoms with Crippen molar-refractivity contribution in [1.29, 1.82) is 0 Å². The second-order valence-electron chi connectivity index (χ2n) is 5.26. The largest absolute Gasteiger partial charge is 0.478 e. The van der Waals surface area contributed by atoms with Gasteiger partial charge < -0.3 is 14.1 Å². The Morgan fingerprint density at radius 2 is 2.04 bits per heavy atom. The standard InChI is InChI=1S/C16H11FN4O3/c1-21-12-5-2-8(14(22)23)6-11(12)18-15(21)20-16-19-10-4-3-9(17)7-13(10)24-16/h2-7H,1H3,(H,22,23)(H,18,19,20). The van der Waals surface area contributed by atoms with Gasteiger partial charge in [0, 0.05) is 13.1 Å². The third-order valence-corrected chi connectivity index (χ3v) is 3.70. The Balaban J connectivity index is 1.75. The molecular formula is C16H11FN4O3. The molecule has 8 heteroatoms. The summed E-state index contributed by atoms with van der Waals surface area (Å²) < 4.78 is 20.4. The molecule has 120 valence electrons. The molecule has 0 bridgehead atoms. The first-order valence-electron chi connectivity index (χ1n) is 7.04. The number of carboxylic acid groups (broad SMARTS) is 1. The van der Waals surface area contributed by atoms with Crippen molar-refractivity contribution in [3.8, 4) is 0 Å². The van der Waals surface area contributed by atoms with Crippen LogP contribution >= 0.6 is 0 Å². The van der Waals surface area contributed by atoms with Crippen LogP contribution in [0.15, 0.2) is 40.8 Å². The normalized spacial score (nSPS) is 11.2. The van der Waals surface area contributed by atoms with Crippen LogP contribution < -0.4 is 5.32 Å². The van der Waals surface area contributed by atoms with Crippen LogP contribution in [0.3, 0.4) is 0 Å². The average Bonchev–Trinajstić information content (AvgIpc) is 3.08. The molecule has 4 aromatic rings. The van der Waals surface area contributed by atoms with Gasteiger partial charge in [0.25, 0.3) is 0 Å². The molecule has 7 nitrogen and oxygen atoms in total. The van der Waals surface area contributed by atoms with E-state index in [4.69, 9.17) is 9.52 Å². The summed E-state index contributed by atoms with van der Waals surface area (Å²) >= 11 is 0. The summed E-state index contributed by atoms with van der Waals surface area (Å²) in [5, 5.41) is 12.0. The first-order valence-corrected chi connectivity index (χ1v) is 7.04. The van der Waals surface area contributed by atoms with E-state index in [2.05, 4.69) is 15.3 Å². The minimum atomic E-state index is -1.02. The number of anilines is 2. The maximum Gasteiger partial charge on any atom is 0.335 e. The topological polar surface area (TPSA) is 93.2 Å². The van der Waals surface area contributed by atoms with Crippen molar-refractivity contribution < 1.29 is 18.7 Å². The highest BCUT2D eigenvalue weighted by atomic mass is 19.1. The Hall–Kier alpha value is -3.42. The zero-order valence-corrected chi connectivity index (χ0v) is 12.4. The van der Waals surface area contributed by atoms with Gasteiger partial charge in [-0.15, -0.1) is 0 Å². The first kappa shape index (κ1) is 14.2. The summed E-state index contributed by atoms with van der Waals surface area (Å²) in [6.45, 7) is 0. The monoisotopic (exact) mass is 326 g/mol. The van der Waals surface area contributed by atoms with Gasteiger partial charge in [-0.2, -0.15) is 4.98 Å². The third kappa shape index (κ3) is 2.24. The van der Waals surface area contributed by atoms with Gasteiger partial charge in [-0.25, -0.2) is 14.2 Å². The number of hydrogen-bond acceptors (Lipinski definition) is 5. The van der Waals surface area contributed by atoms with Crippen molar-refractivity contribution in [2.75, 3.05) is 5.32 Å². The number of aromatic carboxylic acids is 1. The number of halogens is 1. The molecular weight excluding hydrogens is 315 g/mol. The minimum absolute atomic E-state index is 0.157. The van der Waals surface area contributed by atoms with E-state index in [0.29, 0.717) is 22.6 Å². The molecule has 0 aliphatic rings. The van der Waals surface area contributed by atoms with Crippen LogP contribution in [-0.4, -0.2) is 25.6 Å². The quantitative estimate of drug-likeness (QED) is 0.600. The van der Waals surface area contributed by atoms with Crippen molar-refractivity contribution in [2.45, 2.75) is 0 Å². The van der Waals surface area contributed by atoms with Gasteiger partial charge in [-0.3, -0.25) is 5.32 Å². The Kier molecular flexibility index (Phi) is 2.99. The van der Waals surface area contributed by atoms with E-state index in [9.17, 15) is 9.18 Å². The van der Waals surface area contributed by atoms with Crippen molar-refractivity contribution >= 4 is 40.1 Å². The Labute approximate surface area is 134 Å². The number of carbonyl (C=O) groups is 1. The smallest absolute Gasteiger partial charge is 0.335 e. The highest BCUT2D eigenvalue weighted by Gasteiger charge is 2.13. The number of fused-ring (bicyclic) bond motifs is 2. The van der Waals surface area contributed by atoms with E-state index < -0.39 is 11.8 Å². The summed E-state index contributed by atoms with van der Waals surface area (Å²) in [5.74, 6) is -0.994. The molecule has 24 heavy (non-hydrogen) atoms. The molecule has 0 saturated carbocycles. The van der Waals surface area contributed by atoms with E-state index in [-0.39, 0.29) is 11.6 Å². The lowest BCUT2D eigenvalue weighted by molar-refractivity contribution is 0.0697. The third-order valence-electron chi connectivity index (χ3n) is 3.70. The lowest BCUT2D eigenvalue weighted by Crippen LogP contribution is -1.99. The van der Waals surface area contributed by atoms with E-state index in [1.807, 2.05) is 0 Å². The van der Waals surface area contributed by atoms with Crippen molar-refractivity contribution in [3.63, 3.8) is 0 Å². The molecule has 2 aromatic carbocycles. The molecule has 0 aliphatic carbocycles. The molecule has 2 N–H and O–H groups in total. The van der Waals surface area contributed by atoms with E-state index >= 15 is 0 Å². The summed E-state index contributed by atoms with van der Waals surface area (Å²) in [7, 11) is 1.78. The lowest BCUT2D eigenvalue weighted by Gasteiger charge is -2.01. The Morgan fingerprint density at radius 3 is 2.83 bits per heavy atom. The molecule has 2 aromatic heterocycles. The molecule has 0 saturated heterocycles. The molecule has 0 unspecified atom stereocenters. The van der Waals surface area contributed by atoms with Crippen molar-refractivity contribution in [3.05, 3.63) is 47.8 Å². The average molecular weight is 326 g/mol. The molecule has 0 spiro atoms. The Bertz CT molecular complexity index is 1100. The fourth-order valence-corrected chi connectivity index (χ4v) is 2.49. The maximum atomic E-state index is 13.2. The highest BCUT2D eigenvalue weighted by Crippen LogP contribution is 2.25. The molecule has 0 amide bonds. The first-order chi connectivity index (χ1) is 11.5. The second kappa shape index (κ2) is 5.05. The SMILES string of the molecule is Cn1c(Nc2nc3ccc(F)cc3o2)nc2cc(C(=O)O)ccc21. The van der Waals surface area contributed by atoms with Gasteiger partial charge in [0.05, 0.1) is 16.6 Å². The minimum Gasteiger partial charge on any atom is -0.478 e. The van der Waals surface area contributed by atoms with Crippen molar-refractivity contribution in [2.24, 2.45) is 7.05 Å². The van der Waals surface area contributed by atoms with Crippen LogP contribution in [0.1, 0.15) is 10.4 Å². The lowest BCUT2D eigenvalue weighted by atomic mass is 10.2. The van der Waals surface area contributed by atoms with E-state index in [0.717, 1.165) is 5.52 Å². The van der Waals surface area contributed by atoms with Gasteiger partial charge in [-0.05, 0) is 30.3 Å². The fourth-order valence-electron chi connectivity index (χ4n) is 2.49. The van der Waals surface area contributed by atoms with Crippen LogP contribution in [0.25, 0.3) is 22.1 Å². The number of carboxylic acids is 1. The summed E-state index contributed by atoms with van der Waals surface area (Å²) in [5.41, 5.74) is 2.28. The van der Waals surface area contributed by atoms with Crippen LogP contribution in [0, 0.1) is 5.82 Å². The molecule has 2 heterocycles. The summed E-state index contributed by atoms with van der Waals surface area (Å²) in [6.07, 6.45) is 0. The van der Waals surface area contributed by atoms with Crippen molar-refractivity contribution in [1.82, 2.24) is 14.5 Å². The fraction of sp³-hybridized carbons (Fsp3) is 0.0625. The molecule has 0 fully saturated rings. The van der Waals surface area contributed by atoms with Gasteiger partial charge >= 0.3 is 12.0 Å². The summed E-state index contributed by atoms with van der Waals surface area (Å²) in [6, 6.07) is 8.93. The predicted molar refractivity (Wildman–Crippen MR) is 84.9 cm³/mol. The number of hydrogen-bond donors (Lipinski definition) is 2. The van der Waals surface area contributed by atoms with Crippen LogP contribution in [0.4, 0.5) is 16.4 Å². The zero-order valence-electron chi connectivity index (χ0n) is 12.4. The number of nitrogens with one attached hydrogen (secondary N) is 1. The number of imidazole rings is 1. The Morgan fingerprint density at radius 1 is 1.21 bits per heavy atom. The number of benzene rings is 2. The van der Waals surface area contributed by atoms with Crippen LogP contribution in [0.2, 0.25) is 0 Å².